The molecule has 0 bridgehead atoms. The Kier molecular flexibility index (Phi) is 6.90. The highest BCUT2D eigenvalue weighted by Gasteiger charge is 2.18. The molecular formula is C24H32N6O2. The molecule has 2 aromatic heterocycles. The third-order valence-electron chi connectivity index (χ3n) is 5.73. The van der Waals surface area contributed by atoms with Crippen LogP contribution in [0.1, 0.15) is 57.1 Å². The Balaban J connectivity index is 1.54. The van der Waals surface area contributed by atoms with E-state index in [4.69, 9.17) is 9.72 Å². The van der Waals surface area contributed by atoms with E-state index >= 15 is 0 Å². The van der Waals surface area contributed by atoms with E-state index in [1.54, 1.807) is 0 Å². The lowest BCUT2D eigenvalue weighted by atomic mass is 10.1. The molecule has 1 saturated heterocycles. The van der Waals surface area contributed by atoms with Gasteiger partial charge in [-0.25, -0.2) is 4.98 Å². The molecule has 0 radical (unpaired) electrons. The molecule has 3 aromatic rings. The highest BCUT2D eigenvalue weighted by atomic mass is 16.5. The maximum absolute atomic E-state index is 11.6. The lowest BCUT2D eigenvalue weighted by molar-refractivity contribution is -0.115. The van der Waals surface area contributed by atoms with Crippen LogP contribution in [0.5, 0.6) is 0 Å². The first-order valence-electron chi connectivity index (χ1n) is 11.4. The summed E-state index contributed by atoms with van der Waals surface area (Å²) in [5.74, 6) is 2.09. The lowest BCUT2D eigenvalue weighted by Gasteiger charge is -2.24. The zero-order chi connectivity index (χ0) is 22.5. The van der Waals surface area contributed by atoms with Crippen LogP contribution >= 0.6 is 0 Å². The fourth-order valence-corrected chi connectivity index (χ4v) is 3.79. The second-order valence-electron chi connectivity index (χ2n) is 8.50. The topological polar surface area (TPSA) is 92.6 Å². The van der Waals surface area contributed by atoms with Gasteiger partial charge in [-0.3, -0.25) is 4.79 Å². The van der Waals surface area contributed by atoms with Gasteiger partial charge >= 0.3 is 0 Å². The summed E-state index contributed by atoms with van der Waals surface area (Å²) in [6.45, 7) is 8.35. The monoisotopic (exact) mass is 436 g/mol. The van der Waals surface area contributed by atoms with E-state index in [9.17, 15) is 4.79 Å². The normalized spacial score (nSPS) is 14.6. The summed E-state index contributed by atoms with van der Waals surface area (Å²) in [5.41, 5.74) is 3.92. The van der Waals surface area contributed by atoms with Crippen molar-refractivity contribution in [2.24, 2.45) is 0 Å². The van der Waals surface area contributed by atoms with Crippen molar-refractivity contribution in [3.05, 3.63) is 47.7 Å². The molecule has 32 heavy (non-hydrogen) atoms. The van der Waals surface area contributed by atoms with Crippen LogP contribution in [0, 0.1) is 0 Å². The van der Waals surface area contributed by atoms with Gasteiger partial charge in [-0.1, -0.05) is 32.9 Å². The molecule has 1 aliphatic rings. The zero-order valence-electron chi connectivity index (χ0n) is 19.0. The van der Waals surface area contributed by atoms with E-state index in [2.05, 4.69) is 34.9 Å². The molecular weight excluding hydrogens is 404 g/mol. The number of carbonyl (C=O) groups excluding carboxylic acids is 1. The number of nitrogens with one attached hydrogen (secondary N) is 3. The van der Waals surface area contributed by atoms with Gasteiger partial charge in [0.15, 0.2) is 5.65 Å². The molecule has 3 heterocycles. The highest BCUT2D eigenvalue weighted by Crippen LogP contribution is 2.25. The summed E-state index contributed by atoms with van der Waals surface area (Å²) >= 11 is 0. The van der Waals surface area contributed by atoms with E-state index in [0.29, 0.717) is 24.9 Å². The molecule has 0 saturated carbocycles. The van der Waals surface area contributed by atoms with Crippen molar-refractivity contribution >= 4 is 28.9 Å². The number of anilines is 3. The molecule has 0 atom stereocenters. The fraction of sp³-hybridized carbons (Fsp3) is 0.458. The van der Waals surface area contributed by atoms with Crippen LogP contribution in [-0.2, 0) is 16.1 Å². The number of carbonyl (C=O) groups is 1. The Morgan fingerprint density at radius 1 is 1.22 bits per heavy atom. The molecule has 0 unspecified atom stereocenters. The second kappa shape index (κ2) is 9.99. The van der Waals surface area contributed by atoms with E-state index < -0.39 is 0 Å². The molecule has 1 aliphatic heterocycles. The van der Waals surface area contributed by atoms with Gasteiger partial charge in [-0.2, -0.15) is 9.61 Å². The van der Waals surface area contributed by atoms with Crippen LogP contribution in [0.4, 0.5) is 17.3 Å². The van der Waals surface area contributed by atoms with Crippen molar-refractivity contribution in [2.75, 3.05) is 29.2 Å². The SMILES string of the molecule is CCC(=O)Nc1ccc(CNc2cc(NC3CCOCC3)nc3c(C(C)C)cnn23)cc1. The summed E-state index contributed by atoms with van der Waals surface area (Å²) in [6, 6.07) is 10.3. The van der Waals surface area contributed by atoms with Gasteiger partial charge < -0.3 is 20.7 Å². The molecule has 0 aliphatic carbocycles. The number of amides is 1. The number of benzene rings is 1. The van der Waals surface area contributed by atoms with Gasteiger partial charge in [-0.05, 0) is 36.5 Å². The molecule has 4 rings (SSSR count). The first kappa shape index (κ1) is 22.1. The number of rotatable bonds is 8. The summed E-state index contributed by atoms with van der Waals surface area (Å²) in [5, 5.41) is 14.6. The molecule has 170 valence electrons. The molecule has 1 aromatic carbocycles. The molecule has 1 fully saturated rings. The second-order valence-corrected chi connectivity index (χ2v) is 8.50. The molecule has 1 amide bonds. The van der Waals surface area contributed by atoms with Gasteiger partial charge in [0.1, 0.15) is 11.6 Å². The zero-order valence-corrected chi connectivity index (χ0v) is 19.0. The van der Waals surface area contributed by atoms with Crippen LogP contribution in [0.15, 0.2) is 36.5 Å². The average molecular weight is 437 g/mol. The van der Waals surface area contributed by atoms with E-state index in [1.807, 2.05) is 48.0 Å². The minimum Gasteiger partial charge on any atom is -0.381 e. The molecule has 3 N–H and O–H groups in total. The summed E-state index contributed by atoms with van der Waals surface area (Å²) < 4.78 is 7.36. The van der Waals surface area contributed by atoms with Crippen LogP contribution in [0.2, 0.25) is 0 Å². The van der Waals surface area contributed by atoms with Gasteiger partial charge in [0.25, 0.3) is 0 Å². The van der Waals surface area contributed by atoms with Crippen molar-refractivity contribution < 1.29 is 9.53 Å². The first-order chi connectivity index (χ1) is 15.5. The molecule has 8 heteroatoms. The Morgan fingerprint density at radius 3 is 2.66 bits per heavy atom. The summed E-state index contributed by atoms with van der Waals surface area (Å²) in [7, 11) is 0. The predicted molar refractivity (Wildman–Crippen MR) is 127 cm³/mol. The van der Waals surface area contributed by atoms with Crippen molar-refractivity contribution in [3.8, 4) is 0 Å². The maximum atomic E-state index is 11.6. The summed E-state index contributed by atoms with van der Waals surface area (Å²) in [6.07, 6.45) is 4.33. The Morgan fingerprint density at radius 2 is 1.97 bits per heavy atom. The third-order valence-corrected chi connectivity index (χ3v) is 5.73. The van der Waals surface area contributed by atoms with Crippen molar-refractivity contribution in [1.82, 2.24) is 14.6 Å². The average Bonchev–Trinajstić information content (AvgIpc) is 3.23. The predicted octanol–water partition coefficient (Wildman–Crippen LogP) is 4.40. The smallest absolute Gasteiger partial charge is 0.224 e. The van der Waals surface area contributed by atoms with E-state index in [-0.39, 0.29) is 5.91 Å². The van der Waals surface area contributed by atoms with Crippen LogP contribution in [-0.4, -0.2) is 39.8 Å². The number of hydrogen-bond acceptors (Lipinski definition) is 6. The highest BCUT2D eigenvalue weighted by molar-refractivity contribution is 5.90. The minimum absolute atomic E-state index is 0.0132. The lowest BCUT2D eigenvalue weighted by Crippen LogP contribution is -2.28. The number of aromatic nitrogens is 3. The van der Waals surface area contributed by atoms with Gasteiger partial charge in [0, 0.05) is 49.5 Å². The first-order valence-corrected chi connectivity index (χ1v) is 11.4. The van der Waals surface area contributed by atoms with Crippen LogP contribution in [0.3, 0.4) is 0 Å². The van der Waals surface area contributed by atoms with Gasteiger partial charge in [-0.15, -0.1) is 0 Å². The Bertz CT molecular complexity index is 1050. The number of fused-ring (bicyclic) bond motifs is 1. The van der Waals surface area contributed by atoms with Gasteiger partial charge in [0.2, 0.25) is 5.91 Å². The Labute approximate surface area is 188 Å². The van der Waals surface area contributed by atoms with Gasteiger partial charge in [0.05, 0.1) is 6.20 Å². The number of ether oxygens (including phenoxy) is 1. The molecule has 8 nitrogen and oxygen atoms in total. The standard InChI is InChI=1S/C24H32N6O2/c1-4-23(31)28-18-7-5-17(6-8-18)14-25-22-13-21(27-19-9-11-32-12-10-19)29-24-20(16(2)3)15-26-30(22)24/h5-8,13,15-16,19,25H,4,9-12,14H2,1-3H3,(H,27,29)(H,28,31). The summed E-state index contributed by atoms with van der Waals surface area (Å²) in [4.78, 5) is 16.5. The van der Waals surface area contributed by atoms with Crippen molar-refractivity contribution in [3.63, 3.8) is 0 Å². The fourth-order valence-electron chi connectivity index (χ4n) is 3.79. The van der Waals surface area contributed by atoms with Crippen LogP contribution in [0.25, 0.3) is 5.65 Å². The third kappa shape index (κ3) is 5.19. The largest absolute Gasteiger partial charge is 0.381 e. The quantitative estimate of drug-likeness (QED) is 0.485. The van der Waals surface area contributed by atoms with Crippen molar-refractivity contribution in [1.29, 1.82) is 0 Å². The maximum Gasteiger partial charge on any atom is 0.224 e. The number of nitrogens with zero attached hydrogens (tertiary/aromatic N) is 3. The van der Waals surface area contributed by atoms with Crippen molar-refractivity contribution in [2.45, 2.75) is 58.5 Å². The van der Waals surface area contributed by atoms with E-state index in [1.165, 1.54) is 0 Å². The minimum atomic E-state index is 0.0132. The molecule has 0 spiro atoms. The number of hydrogen-bond donors (Lipinski definition) is 3. The Hall–Kier alpha value is -3.13. The van der Waals surface area contributed by atoms with Crippen LogP contribution < -0.4 is 16.0 Å². The van der Waals surface area contributed by atoms with E-state index in [0.717, 1.165) is 60.2 Å².